The van der Waals surface area contributed by atoms with Gasteiger partial charge < -0.3 is 10.3 Å². The number of aromatic nitrogens is 1. The maximum Gasteiger partial charge on any atom is 0.252 e. The molecule has 0 saturated heterocycles. The van der Waals surface area contributed by atoms with Crippen molar-refractivity contribution in [1.29, 1.82) is 0 Å². The van der Waals surface area contributed by atoms with Crippen molar-refractivity contribution < 1.29 is 17.6 Å². The molecule has 2 N–H and O–H groups in total. The number of sulfone groups is 1. The summed E-state index contributed by atoms with van der Waals surface area (Å²) in [6.45, 7) is 0.327. The van der Waals surface area contributed by atoms with E-state index in [0.717, 1.165) is 17.4 Å². The van der Waals surface area contributed by atoms with Crippen LogP contribution >= 0.6 is 0 Å². The van der Waals surface area contributed by atoms with E-state index in [0.29, 0.717) is 18.5 Å². The first-order valence-corrected chi connectivity index (χ1v) is 11.2. The van der Waals surface area contributed by atoms with Crippen molar-refractivity contribution in [1.82, 2.24) is 10.3 Å². The highest BCUT2D eigenvalue weighted by atomic mass is 32.2. The molecule has 8 heteroatoms. The molecule has 0 aliphatic carbocycles. The number of H-pyrrole nitrogens is 1. The van der Waals surface area contributed by atoms with Crippen molar-refractivity contribution in [3.8, 4) is 0 Å². The van der Waals surface area contributed by atoms with Crippen molar-refractivity contribution in [2.24, 2.45) is 0 Å². The smallest absolute Gasteiger partial charge is 0.252 e. The summed E-state index contributed by atoms with van der Waals surface area (Å²) in [6.07, 6.45) is 3.00. The SMILES string of the molecule is CS(=O)(=O)c1ccc([C@@H](CCNC(=O)c2ccc(=O)[nH]c2)c2ccc(F)cc2)cc1. The summed E-state index contributed by atoms with van der Waals surface area (Å²) in [5.41, 5.74) is 1.75. The second-order valence-electron chi connectivity index (χ2n) is 6.93. The van der Waals surface area contributed by atoms with Gasteiger partial charge in [0.1, 0.15) is 5.82 Å². The molecule has 30 heavy (non-hydrogen) atoms. The van der Waals surface area contributed by atoms with Gasteiger partial charge in [0.2, 0.25) is 5.56 Å². The average Bonchev–Trinajstić information content (AvgIpc) is 2.72. The number of amides is 1. The number of aromatic amines is 1. The van der Waals surface area contributed by atoms with Crippen molar-refractivity contribution in [3.05, 3.63) is 99.7 Å². The molecule has 3 rings (SSSR count). The van der Waals surface area contributed by atoms with Crippen LogP contribution in [0, 0.1) is 5.82 Å². The summed E-state index contributed by atoms with van der Waals surface area (Å²) >= 11 is 0. The molecule has 1 amide bonds. The Balaban J connectivity index is 1.78. The lowest BCUT2D eigenvalue weighted by Crippen LogP contribution is -2.26. The molecule has 1 heterocycles. The first kappa shape index (κ1) is 21.4. The molecular formula is C22H21FN2O4S. The van der Waals surface area contributed by atoms with E-state index in [2.05, 4.69) is 10.3 Å². The first-order chi connectivity index (χ1) is 14.2. The molecule has 6 nitrogen and oxygen atoms in total. The third-order valence-electron chi connectivity index (χ3n) is 4.75. The molecule has 0 spiro atoms. The van der Waals surface area contributed by atoms with Crippen LogP contribution in [0.5, 0.6) is 0 Å². The van der Waals surface area contributed by atoms with E-state index in [1.165, 1.54) is 30.5 Å². The lowest BCUT2D eigenvalue weighted by atomic mass is 9.88. The van der Waals surface area contributed by atoms with Crippen LogP contribution in [0.4, 0.5) is 4.39 Å². The Morgan fingerprint density at radius 1 is 1.00 bits per heavy atom. The molecular weight excluding hydrogens is 407 g/mol. The summed E-state index contributed by atoms with van der Waals surface area (Å²) in [5.74, 6) is -0.845. The van der Waals surface area contributed by atoms with Gasteiger partial charge >= 0.3 is 0 Å². The average molecular weight is 428 g/mol. The number of nitrogens with one attached hydrogen (secondary N) is 2. The Morgan fingerprint density at radius 3 is 2.13 bits per heavy atom. The lowest BCUT2D eigenvalue weighted by Gasteiger charge is -2.19. The molecule has 2 aromatic carbocycles. The van der Waals surface area contributed by atoms with Gasteiger partial charge in [-0.2, -0.15) is 0 Å². The van der Waals surface area contributed by atoms with Crippen LogP contribution in [0.2, 0.25) is 0 Å². The third kappa shape index (κ3) is 5.42. The Bertz CT molecular complexity index is 1170. The van der Waals surface area contributed by atoms with Gasteiger partial charge in [-0.15, -0.1) is 0 Å². The fraction of sp³-hybridized carbons (Fsp3) is 0.182. The molecule has 156 valence electrons. The molecule has 0 aliphatic rings. The summed E-state index contributed by atoms with van der Waals surface area (Å²) in [5, 5.41) is 2.80. The quantitative estimate of drug-likeness (QED) is 0.605. The summed E-state index contributed by atoms with van der Waals surface area (Å²) in [7, 11) is -3.31. The normalized spacial score (nSPS) is 12.3. The summed E-state index contributed by atoms with van der Waals surface area (Å²) in [6, 6.07) is 15.3. The standard InChI is InChI=1S/C22H21FN2O4S/c1-30(28,29)19-9-4-16(5-10-19)20(15-2-7-18(23)8-3-15)12-13-24-22(27)17-6-11-21(26)25-14-17/h2-11,14,20H,12-13H2,1H3,(H,24,27)(H,25,26)/t20-/m0/s1. The van der Waals surface area contributed by atoms with Crippen LogP contribution in [0.15, 0.2) is 76.6 Å². The molecule has 0 fully saturated rings. The zero-order valence-corrected chi connectivity index (χ0v) is 17.1. The molecule has 3 aromatic rings. The van der Waals surface area contributed by atoms with Crippen molar-refractivity contribution in [2.75, 3.05) is 12.8 Å². The van der Waals surface area contributed by atoms with E-state index in [-0.39, 0.29) is 28.1 Å². The molecule has 1 atom stereocenters. The van der Waals surface area contributed by atoms with E-state index < -0.39 is 9.84 Å². The number of rotatable bonds is 7. The minimum atomic E-state index is -3.31. The topological polar surface area (TPSA) is 96.1 Å². The molecule has 0 bridgehead atoms. The van der Waals surface area contributed by atoms with Crippen LogP contribution in [0.25, 0.3) is 0 Å². The highest BCUT2D eigenvalue weighted by Gasteiger charge is 2.17. The van der Waals surface area contributed by atoms with E-state index in [1.54, 1.807) is 36.4 Å². The van der Waals surface area contributed by atoms with Gasteiger partial charge in [0.05, 0.1) is 10.5 Å². The van der Waals surface area contributed by atoms with Crippen molar-refractivity contribution >= 4 is 15.7 Å². The minimum Gasteiger partial charge on any atom is -0.352 e. The molecule has 1 aromatic heterocycles. The van der Waals surface area contributed by atoms with E-state index in [1.807, 2.05) is 0 Å². The highest BCUT2D eigenvalue weighted by Crippen LogP contribution is 2.29. The summed E-state index contributed by atoms with van der Waals surface area (Å²) in [4.78, 5) is 26.1. The van der Waals surface area contributed by atoms with Gasteiger partial charge in [0, 0.05) is 31.0 Å². The second kappa shape index (κ2) is 9.04. The zero-order chi connectivity index (χ0) is 21.7. The maximum absolute atomic E-state index is 13.4. The molecule has 0 saturated carbocycles. The number of carbonyl (C=O) groups is 1. The number of halogens is 1. The highest BCUT2D eigenvalue weighted by molar-refractivity contribution is 7.90. The Labute approximate surface area is 173 Å². The van der Waals surface area contributed by atoms with Crippen LogP contribution in [0.1, 0.15) is 33.8 Å². The van der Waals surface area contributed by atoms with E-state index in [4.69, 9.17) is 0 Å². The largest absolute Gasteiger partial charge is 0.352 e. The van der Waals surface area contributed by atoms with Gasteiger partial charge in [-0.05, 0) is 47.9 Å². The third-order valence-corrected chi connectivity index (χ3v) is 5.88. The van der Waals surface area contributed by atoms with Gasteiger partial charge in [-0.25, -0.2) is 12.8 Å². The maximum atomic E-state index is 13.4. The molecule has 0 unspecified atom stereocenters. The van der Waals surface area contributed by atoms with Crippen LogP contribution in [0.3, 0.4) is 0 Å². The number of pyridine rings is 1. The van der Waals surface area contributed by atoms with Crippen LogP contribution in [-0.2, 0) is 9.84 Å². The second-order valence-corrected chi connectivity index (χ2v) is 8.95. The fourth-order valence-electron chi connectivity index (χ4n) is 3.15. The molecule has 0 aliphatic heterocycles. The predicted molar refractivity (Wildman–Crippen MR) is 112 cm³/mol. The number of carbonyl (C=O) groups excluding carboxylic acids is 1. The van der Waals surface area contributed by atoms with Gasteiger partial charge in [0.15, 0.2) is 9.84 Å². The first-order valence-electron chi connectivity index (χ1n) is 9.26. The monoisotopic (exact) mass is 428 g/mol. The Kier molecular flexibility index (Phi) is 6.47. The number of hydrogen-bond acceptors (Lipinski definition) is 4. The van der Waals surface area contributed by atoms with E-state index >= 15 is 0 Å². The van der Waals surface area contributed by atoms with Gasteiger partial charge in [-0.1, -0.05) is 24.3 Å². The predicted octanol–water partition coefficient (Wildman–Crippen LogP) is 2.87. The van der Waals surface area contributed by atoms with Gasteiger partial charge in [0.25, 0.3) is 5.91 Å². The summed E-state index contributed by atoms with van der Waals surface area (Å²) < 4.78 is 36.8. The van der Waals surface area contributed by atoms with Crippen molar-refractivity contribution in [3.63, 3.8) is 0 Å². The van der Waals surface area contributed by atoms with Crippen molar-refractivity contribution in [2.45, 2.75) is 17.2 Å². The lowest BCUT2D eigenvalue weighted by molar-refractivity contribution is 0.0952. The van der Waals surface area contributed by atoms with Crippen LogP contribution in [-0.4, -0.2) is 32.1 Å². The number of hydrogen-bond donors (Lipinski definition) is 2. The minimum absolute atomic E-state index is 0.171. The van der Waals surface area contributed by atoms with E-state index in [9.17, 15) is 22.4 Å². The number of benzene rings is 2. The van der Waals surface area contributed by atoms with Gasteiger partial charge in [-0.3, -0.25) is 9.59 Å². The zero-order valence-electron chi connectivity index (χ0n) is 16.3. The fourth-order valence-corrected chi connectivity index (χ4v) is 3.78. The Hall–Kier alpha value is -3.26. The Morgan fingerprint density at radius 2 is 1.60 bits per heavy atom. The molecule has 0 radical (unpaired) electrons. The van der Waals surface area contributed by atoms with Crippen LogP contribution < -0.4 is 10.9 Å².